The highest BCUT2D eigenvalue weighted by Gasteiger charge is 2.07. The van der Waals surface area contributed by atoms with Crippen molar-refractivity contribution in [1.82, 2.24) is 14.9 Å². The van der Waals surface area contributed by atoms with Gasteiger partial charge in [0.25, 0.3) is 5.91 Å². The van der Waals surface area contributed by atoms with Crippen molar-refractivity contribution in [3.05, 3.63) is 47.5 Å². The van der Waals surface area contributed by atoms with Crippen molar-refractivity contribution in [2.75, 3.05) is 5.73 Å². The molecule has 0 radical (unpaired) electrons. The van der Waals surface area contributed by atoms with E-state index in [9.17, 15) is 4.79 Å². The number of rotatable bonds is 3. The largest absolute Gasteiger partial charge is 0.399 e. The molecule has 3 N–H and O–H groups in total. The first kappa shape index (κ1) is 12.2. The number of nitrogen functional groups attached to an aromatic ring is 1. The van der Waals surface area contributed by atoms with Gasteiger partial charge in [0.2, 0.25) is 0 Å². The molecule has 1 heterocycles. The van der Waals surface area contributed by atoms with Crippen LogP contribution in [0.25, 0.3) is 0 Å². The first-order valence-electron chi connectivity index (χ1n) is 5.68. The van der Waals surface area contributed by atoms with E-state index in [2.05, 4.69) is 10.3 Å². The van der Waals surface area contributed by atoms with Gasteiger partial charge < -0.3 is 15.6 Å². The van der Waals surface area contributed by atoms with Gasteiger partial charge in [-0.2, -0.15) is 0 Å². The number of benzene rings is 1. The van der Waals surface area contributed by atoms with Crippen molar-refractivity contribution in [3.63, 3.8) is 0 Å². The Balaban J connectivity index is 2.04. The average molecular weight is 244 g/mol. The van der Waals surface area contributed by atoms with Crippen molar-refractivity contribution in [2.45, 2.75) is 13.5 Å². The molecule has 5 nitrogen and oxygen atoms in total. The molecular formula is C13H16N4O. The zero-order valence-corrected chi connectivity index (χ0v) is 10.5. The van der Waals surface area contributed by atoms with Gasteiger partial charge in [0, 0.05) is 30.7 Å². The highest BCUT2D eigenvalue weighted by molar-refractivity contribution is 5.94. The van der Waals surface area contributed by atoms with E-state index >= 15 is 0 Å². The number of aryl methyl sites for hydroxylation is 2. The van der Waals surface area contributed by atoms with Crippen LogP contribution in [0.1, 0.15) is 21.7 Å². The molecule has 1 aromatic carbocycles. The summed E-state index contributed by atoms with van der Waals surface area (Å²) in [4.78, 5) is 16.1. The maximum atomic E-state index is 11.9. The monoisotopic (exact) mass is 244 g/mol. The van der Waals surface area contributed by atoms with E-state index in [4.69, 9.17) is 5.73 Å². The Labute approximate surface area is 106 Å². The summed E-state index contributed by atoms with van der Waals surface area (Å²) in [6.07, 6.45) is 3.55. The van der Waals surface area contributed by atoms with Gasteiger partial charge in [-0.1, -0.05) is 0 Å². The molecule has 0 aliphatic rings. The average Bonchev–Trinajstić information content (AvgIpc) is 2.75. The van der Waals surface area contributed by atoms with Crippen LogP contribution in [0.5, 0.6) is 0 Å². The molecule has 94 valence electrons. The lowest BCUT2D eigenvalue weighted by molar-refractivity contribution is 0.0949. The smallest absolute Gasteiger partial charge is 0.251 e. The molecule has 0 saturated heterocycles. The lowest BCUT2D eigenvalue weighted by Gasteiger charge is -2.07. The maximum Gasteiger partial charge on any atom is 0.251 e. The summed E-state index contributed by atoms with van der Waals surface area (Å²) in [5.41, 5.74) is 7.91. The molecule has 18 heavy (non-hydrogen) atoms. The topological polar surface area (TPSA) is 72.9 Å². The van der Waals surface area contributed by atoms with E-state index in [-0.39, 0.29) is 5.91 Å². The standard InChI is InChI=1S/C13H16N4O/c1-9-7-10(3-4-11(9)14)13(18)16-8-12-15-5-6-17(12)2/h3-7H,8,14H2,1-2H3,(H,16,18). The Morgan fingerprint density at radius 3 is 2.89 bits per heavy atom. The summed E-state index contributed by atoms with van der Waals surface area (Å²) < 4.78 is 1.87. The Bertz CT molecular complexity index is 574. The lowest BCUT2D eigenvalue weighted by Crippen LogP contribution is -2.24. The van der Waals surface area contributed by atoms with Gasteiger partial charge in [-0.15, -0.1) is 0 Å². The van der Waals surface area contributed by atoms with Crippen LogP contribution in [0, 0.1) is 6.92 Å². The summed E-state index contributed by atoms with van der Waals surface area (Å²) in [5.74, 6) is 0.691. The molecule has 0 atom stereocenters. The zero-order chi connectivity index (χ0) is 13.1. The molecule has 0 bridgehead atoms. The number of anilines is 1. The minimum Gasteiger partial charge on any atom is -0.399 e. The number of imidazole rings is 1. The predicted molar refractivity (Wildman–Crippen MR) is 70.0 cm³/mol. The molecule has 0 fully saturated rings. The van der Waals surface area contributed by atoms with Crippen molar-refractivity contribution < 1.29 is 4.79 Å². The Morgan fingerprint density at radius 1 is 1.50 bits per heavy atom. The van der Waals surface area contributed by atoms with Crippen LogP contribution in [-0.4, -0.2) is 15.5 Å². The van der Waals surface area contributed by atoms with Crippen LogP contribution in [0.15, 0.2) is 30.6 Å². The minimum absolute atomic E-state index is 0.124. The number of carbonyl (C=O) groups is 1. The predicted octanol–water partition coefficient (Wildman–Crippen LogP) is 1.24. The Kier molecular flexibility index (Phi) is 3.32. The second-order valence-electron chi connectivity index (χ2n) is 4.21. The van der Waals surface area contributed by atoms with Crippen molar-refractivity contribution in [3.8, 4) is 0 Å². The molecule has 2 rings (SSSR count). The SMILES string of the molecule is Cc1cc(C(=O)NCc2nccn2C)ccc1N. The van der Waals surface area contributed by atoms with E-state index in [0.29, 0.717) is 17.8 Å². The van der Waals surface area contributed by atoms with Crippen LogP contribution >= 0.6 is 0 Å². The molecule has 2 aromatic rings. The highest BCUT2D eigenvalue weighted by atomic mass is 16.1. The summed E-state index contributed by atoms with van der Waals surface area (Å²) >= 11 is 0. The van der Waals surface area contributed by atoms with Gasteiger partial charge in [-0.05, 0) is 30.7 Å². The van der Waals surface area contributed by atoms with Gasteiger partial charge in [0.1, 0.15) is 5.82 Å². The summed E-state index contributed by atoms with van der Waals surface area (Å²) in [6.45, 7) is 2.29. The second-order valence-corrected chi connectivity index (χ2v) is 4.21. The number of aromatic nitrogens is 2. The molecular weight excluding hydrogens is 228 g/mol. The summed E-state index contributed by atoms with van der Waals surface area (Å²) in [5, 5.41) is 2.83. The molecule has 0 spiro atoms. The molecule has 0 saturated carbocycles. The molecule has 0 aliphatic heterocycles. The van der Waals surface area contributed by atoms with Crippen molar-refractivity contribution >= 4 is 11.6 Å². The fourth-order valence-electron chi connectivity index (χ4n) is 1.65. The summed E-state index contributed by atoms with van der Waals surface area (Å²) in [6, 6.07) is 5.24. The van der Waals surface area contributed by atoms with E-state index < -0.39 is 0 Å². The number of amides is 1. The highest BCUT2D eigenvalue weighted by Crippen LogP contribution is 2.12. The Hall–Kier alpha value is -2.30. The van der Waals surface area contributed by atoms with Crippen LogP contribution in [0.2, 0.25) is 0 Å². The Morgan fingerprint density at radius 2 is 2.28 bits per heavy atom. The van der Waals surface area contributed by atoms with Crippen molar-refractivity contribution in [2.24, 2.45) is 7.05 Å². The van der Waals surface area contributed by atoms with Crippen LogP contribution in [-0.2, 0) is 13.6 Å². The number of carbonyl (C=O) groups excluding carboxylic acids is 1. The molecule has 1 aromatic heterocycles. The van der Waals surface area contributed by atoms with Gasteiger partial charge in [-0.25, -0.2) is 4.98 Å². The van der Waals surface area contributed by atoms with Crippen LogP contribution in [0.4, 0.5) is 5.69 Å². The first-order chi connectivity index (χ1) is 8.58. The fourth-order valence-corrected chi connectivity index (χ4v) is 1.65. The summed E-state index contributed by atoms with van der Waals surface area (Å²) in [7, 11) is 1.89. The third-order valence-corrected chi connectivity index (χ3v) is 2.86. The quantitative estimate of drug-likeness (QED) is 0.798. The fraction of sp³-hybridized carbons (Fsp3) is 0.231. The molecule has 0 aliphatic carbocycles. The maximum absolute atomic E-state index is 11.9. The van der Waals surface area contributed by atoms with Gasteiger partial charge in [0.15, 0.2) is 0 Å². The minimum atomic E-state index is -0.124. The number of hydrogen-bond donors (Lipinski definition) is 2. The second kappa shape index (κ2) is 4.91. The number of nitrogens with two attached hydrogens (primary N) is 1. The van der Waals surface area contributed by atoms with Crippen LogP contribution in [0.3, 0.4) is 0 Å². The van der Waals surface area contributed by atoms with Crippen molar-refractivity contribution in [1.29, 1.82) is 0 Å². The van der Waals surface area contributed by atoms with E-state index in [1.807, 2.05) is 24.7 Å². The van der Waals surface area contributed by atoms with E-state index in [1.165, 1.54) is 0 Å². The van der Waals surface area contributed by atoms with Crippen LogP contribution < -0.4 is 11.1 Å². The number of nitrogens with one attached hydrogen (secondary N) is 1. The van der Waals surface area contributed by atoms with Gasteiger partial charge in [-0.3, -0.25) is 4.79 Å². The third-order valence-electron chi connectivity index (χ3n) is 2.86. The normalized spacial score (nSPS) is 10.3. The lowest BCUT2D eigenvalue weighted by atomic mass is 10.1. The van der Waals surface area contributed by atoms with E-state index in [1.54, 1.807) is 24.4 Å². The number of hydrogen-bond acceptors (Lipinski definition) is 3. The van der Waals surface area contributed by atoms with Gasteiger partial charge in [0.05, 0.1) is 6.54 Å². The molecule has 5 heteroatoms. The van der Waals surface area contributed by atoms with Gasteiger partial charge >= 0.3 is 0 Å². The number of nitrogens with zero attached hydrogens (tertiary/aromatic N) is 2. The molecule has 0 unspecified atom stereocenters. The third kappa shape index (κ3) is 2.51. The molecule has 1 amide bonds. The zero-order valence-electron chi connectivity index (χ0n) is 10.5. The van der Waals surface area contributed by atoms with E-state index in [0.717, 1.165) is 11.4 Å². The first-order valence-corrected chi connectivity index (χ1v) is 5.68.